The summed E-state index contributed by atoms with van der Waals surface area (Å²) in [6.07, 6.45) is 11.9. The van der Waals surface area contributed by atoms with Crippen LogP contribution in [-0.4, -0.2) is 84.3 Å². The van der Waals surface area contributed by atoms with Crippen molar-refractivity contribution in [3.05, 3.63) is 114 Å². The van der Waals surface area contributed by atoms with E-state index in [4.69, 9.17) is 33.7 Å². The highest BCUT2D eigenvalue weighted by Gasteiger charge is 2.65. The summed E-state index contributed by atoms with van der Waals surface area (Å²) >= 11 is 0. The number of hydrogen-bond acceptors (Lipinski definition) is 11. The minimum atomic E-state index is -1.43. The quantitative estimate of drug-likeness (QED) is 0.0460. The number of nitrogens with zero attached hydrogens (tertiary/aromatic N) is 2. The number of amides is 1. The molecule has 7 atom stereocenters. The topological polar surface area (TPSA) is 146 Å². The minimum Gasteiger partial charge on any atom is -0.459 e. The van der Waals surface area contributed by atoms with Crippen LogP contribution in [-0.2, 0) is 25.7 Å². The molecule has 0 bridgehead atoms. The maximum Gasteiger partial charge on any atom is 0.410 e. The zero-order valence-corrected chi connectivity index (χ0v) is 35.9. The number of oxime groups is 1. The highest BCUT2D eigenvalue weighted by molar-refractivity contribution is 6.03. The van der Waals surface area contributed by atoms with Crippen molar-refractivity contribution in [3.63, 3.8) is 0 Å². The molecule has 12 heteroatoms. The first-order valence-electron chi connectivity index (χ1n) is 22.5. The van der Waals surface area contributed by atoms with E-state index < -0.39 is 30.1 Å². The van der Waals surface area contributed by atoms with Crippen LogP contribution in [0.5, 0.6) is 17.2 Å². The number of ether oxygens (including phenoxy) is 5. The third-order valence-corrected chi connectivity index (χ3v) is 12.6. The van der Waals surface area contributed by atoms with Gasteiger partial charge < -0.3 is 38.7 Å². The first-order valence-corrected chi connectivity index (χ1v) is 22.5. The Hall–Kier alpha value is -5.01. The van der Waals surface area contributed by atoms with Crippen LogP contribution in [0.3, 0.4) is 0 Å². The molecule has 1 amide bonds. The molecule has 2 heterocycles. The summed E-state index contributed by atoms with van der Waals surface area (Å²) in [7, 11) is 0. The second-order valence-electron chi connectivity index (χ2n) is 16.7. The zero-order valence-electron chi connectivity index (χ0n) is 35.9. The minimum absolute atomic E-state index is 0.0317. The predicted molar refractivity (Wildman–Crippen MR) is 235 cm³/mol. The van der Waals surface area contributed by atoms with E-state index in [0.29, 0.717) is 60.9 Å². The molecule has 4 aliphatic rings. The molecule has 0 spiro atoms. The van der Waals surface area contributed by atoms with Gasteiger partial charge in [0.2, 0.25) is 12.1 Å². The molecule has 62 heavy (non-hydrogen) atoms. The van der Waals surface area contributed by atoms with Crippen molar-refractivity contribution in [1.29, 1.82) is 0 Å². The lowest BCUT2D eigenvalue weighted by Crippen LogP contribution is -2.70. The number of carbonyl (C=O) groups excluding carboxylic acids is 2. The average molecular weight is 851 g/mol. The third-order valence-electron chi connectivity index (χ3n) is 12.6. The molecule has 2 N–H and O–H groups in total. The summed E-state index contributed by atoms with van der Waals surface area (Å²) in [6, 6.07) is 21.7. The summed E-state index contributed by atoms with van der Waals surface area (Å²) in [6.45, 7) is 7.44. The van der Waals surface area contributed by atoms with Crippen molar-refractivity contribution < 1.29 is 48.3 Å². The molecule has 3 aromatic rings. The number of allylic oxidation sites excluding steroid dienone is 1. The zero-order chi connectivity index (χ0) is 43.3. The van der Waals surface area contributed by atoms with E-state index in [0.717, 1.165) is 67.9 Å². The molecule has 12 nitrogen and oxygen atoms in total. The molecule has 1 saturated heterocycles. The molecule has 2 fully saturated rings. The van der Waals surface area contributed by atoms with Crippen LogP contribution in [0, 0.1) is 17.8 Å². The number of benzene rings is 3. The maximum atomic E-state index is 14.6. The van der Waals surface area contributed by atoms with E-state index in [2.05, 4.69) is 12.7 Å². The van der Waals surface area contributed by atoms with Gasteiger partial charge in [0, 0.05) is 49.6 Å². The smallest absolute Gasteiger partial charge is 0.410 e. The molecule has 2 aliphatic heterocycles. The Morgan fingerprint density at radius 1 is 0.984 bits per heavy atom. The van der Waals surface area contributed by atoms with Gasteiger partial charge in [-0.15, -0.1) is 6.58 Å². The first kappa shape index (κ1) is 45.0. The van der Waals surface area contributed by atoms with Gasteiger partial charge in [-0.3, -0.25) is 9.69 Å². The number of rotatable bonds is 21. The van der Waals surface area contributed by atoms with Crippen molar-refractivity contribution in [2.24, 2.45) is 22.9 Å². The Bertz CT molecular complexity index is 2020. The van der Waals surface area contributed by atoms with E-state index in [1.54, 1.807) is 29.2 Å². The molecule has 7 rings (SSSR count). The number of aliphatic hydroxyl groups is 2. The molecule has 0 aromatic heterocycles. The van der Waals surface area contributed by atoms with Crippen molar-refractivity contribution in [3.8, 4) is 17.2 Å². The van der Waals surface area contributed by atoms with E-state index >= 15 is 0 Å². The molecular formula is C50H62N2O10. The fraction of sp³-hybridized carbons (Fsp3) is 0.500. The second-order valence-corrected chi connectivity index (χ2v) is 16.7. The lowest BCUT2D eigenvalue weighted by Gasteiger charge is -2.60. The summed E-state index contributed by atoms with van der Waals surface area (Å²) in [5, 5.41) is 24.8. The lowest BCUT2D eigenvalue weighted by molar-refractivity contribution is -0.255. The molecule has 2 aliphatic carbocycles. The number of unbranched alkanes of at least 4 members (excludes halogenated alkanes) is 2. The molecular weight excluding hydrogens is 789 g/mol. The van der Waals surface area contributed by atoms with Crippen LogP contribution in [0.25, 0.3) is 0 Å². The van der Waals surface area contributed by atoms with Gasteiger partial charge in [-0.05, 0) is 98.2 Å². The Morgan fingerprint density at radius 3 is 2.53 bits per heavy atom. The highest BCUT2D eigenvalue weighted by atomic mass is 16.8. The predicted octanol–water partition coefficient (Wildman–Crippen LogP) is 9.50. The van der Waals surface area contributed by atoms with Gasteiger partial charge in [0.1, 0.15) is 36.2 Å². The van der Waals surface area contributed by atoms with Crippen LogP contribution < -0.4 is 9.47 Å². The summed E-state index contributed by atoms with van der Waals surface area (Å²) in [4.78, 5) is 34.3. The van der Waals surface area contributed by atoms with Crippen molar-refractivity contribution in [2.45, 2.75) is 108 Å². The molecule has 332 valence electrons. The number of hydrogen-bond donors (Lipinski definition) is 2. The van der Waals surface area contributed by atoms with E-state index in [-0.39, 0.29) is 50.6 Å². The second kappa shape index (κ2) is 21.9. The summed E-state index contributed by atoms with van der Waals surface area (Å²) < 4.78 is 33.0. The normalized spacial score (nSPS) is 25.7. The fourth-order valence-corrected chi connectivity index (χ4v) is 9.83. The Morgan fingerprint density at radius 2 is 1.79 bits per heavy atom. The van der Waals surface area contributed by atoms with E-state index in [9.17, 15) is 19.8 Å². The Balaban J connectivity index is 1.41. The van der Waals surface area contributed by atoms with Gasteiger partial charge >= 0.3 is 6.09 Å². The molecule has 3 aromatic carbocycles. The summed E-state index contributed by atoms with van der Waals surface area (Å²) in [5.74, 6) is -0.357. The van der Waals surface area contributed by atoms with Gasteiger partial charge in [-0.25, -0.2) is 4.79 Å². The number of carbonyl (C=O) groups is 2. The Kier molecular flexibility index (Phi) is 15.9. The number of fused-ring (bicyclic) bond motifs is 2. The van der Waals surface area contributed by atoms with E-state index in [1.165, 1.54) is 0 Å². The largest absolute Gasteiger partial charge is 0.459 e. The fourth-order valence-electron chi connectivity index (χ4n) is 9.83. The number of aliphatic hydroxyl groups excluding tert-OH is 2. The average Bonchev–Trinajstić information content (AvgIpc) is 3.30. The monoisotopic (exact) mass is 850 g/mol. The van der Waals surface area contributed by atoms with Crippen LogP contribution in [0.2, 0.25) is 0 Å². The van der Waals surface area contributed by atoms with Gasteiger partial charge in [0.05, 0.1) is 24.8 Å². The van der Waals surface area contributed by atoms with Gasteiger partial charge in [-0.2, -0.15) is 0 Å². The Labute approximate surface area is 365 Å². The van der Waals surface area contributed by atoms with E-state index in [1.807, 2.05) is 61.5 Å². The SMILES string of the molecule is C=CCO[C@@]12Oc3ccc(Oc4cccc(C=O)c4)cc3[C@H]3[C@H](CCCCO)[C@@H](CCCCO)C=C(C(=NOC4CCCCO4)C[C@@H]1N(CCC)C(=O)OCc1ccccc1)[C@H]32. The standard InChI is InChI=1S/C50H62N2O10/c1-3-24-52(49(56)58-34-35-15-6-5-7-16-35)45-32-43(51-62-46-21-10-13-28-57-46)41-30-37(18-8-11-25-53)40(20-9-12-26-54)47-42-31-39(60-38-19-14-17-36(29-38)33-55)22-23-44(42)61-50(45,48(41)47)59-27-4-2/h4-7,14-17,19,22-23,29-31,33,37,40,45-48,53-54H,2-3,8-13,18,20-21,24-28,32,34H2,1H3/t37-,40+,45-,46?,47+,48+,50+/m0/s1. The van der Waals surface area contributed by atoms with Crippen LogP contribution in [0.15, 0.2) is 102 Å². The van der Waals surface area contributed by atoms with Crippen molar-refractivity contribution >= 4 is 18.1 Å². The van der Waals surface area contributed by atoms with Gasteiger partial charge in [-0.1, -0.05) is 79.5 Å². The molecule has 1 unspecified atom stereocenters. The summed E-state index contributed by atoms with van der Waals surface area (Å²) in [5.41, 5.74) is 3.93. The molecule has 0 radical (unpaired) electrons. The van der Waals surface area contributed by atoms with Crippen LogP contribution in [0.4, 0.5) is 4.79 Å². The third kappa shape index (κ3) is 10.3. The van der Waals surface area contributed by atoms with Crippen LogP contribution in [0.1, 0.15) is 105 Å². The van der Waals surface area contributed by atoms with Crippen molar-refractivity contribution in [2.75, 3.05) is 33.0 Å². The van der Waals surface area contributed by atoms with Gasteiger partial charge in [0.25, 0.3) is 0 Å². The highest BCUT2D eigenvalue weighted by Crippen LogP contribution is 2.62. The number of aldehydes is 1. The maximum absolute atomic E-state index is 14.6. The molecule has 1 saturated carbocycles. The van der Waals surface area contributed by atoms with Crippen molar-refractivity contribution in [1.82, 2.24) is 4.90 Å². The first-order chi connectivity index (χ1) is 30.4. The van der Waals surface area contributed by atoms with Gasteiger partial charge in [0.15, 0.2) is 0 Å². The van der Waals surface area contributed by atoms with Crippen LogP contribution >= 0.6 is 0 Å². The lowest BCUT2D eigenvalue weighted by atomic mass is 9.55.